The largest absolute Gasteiger partial charge is 0.399 e. The molecule has 1 fully saturated rings. The van der Waals surface area contributed by atoms with E-state index in [9.17, 15) is 0 Å². The van der Waals surface area contributed by atoms with Crippen molar-refractivity contribution in [2.75, 3.05) is 18.8 Å². The summed E-state index contributed by atoms with van der Waals surface area (Å²) in [6, 6.07) is 8.44. The molecule has 1 saturated heterocycles. The fourth-order valence-electron chi connectivity index (χ4n) is 2.18. The van der Waals surface area contributed by atoms with Crippen LogP contribution in [0.25, 0.3) is 0 Å². The molecule has 2 rings (SSSR count). The lowest BCUT2D eigenvalue weighted by Gasteiger charge is -2.30. The number of hydrogen-bond acceptors (Lipinski definition) is 3. The number of nitrogens with zero attached hydrogens (tertiary/aromatic N) is 1. The Labute approximate surface area is 115 Å². The first-order valence-electron chi connectivity index (χ1n) is 5.56. The third-order valence-electron chi connectivity index (χ3n) is 2.90. The Kier molecular flexibility index (Phi) is 7.55. The molecule has 98 valence electrons. The van der Waals surface area contributed by atoms with Gasteiger partial charge in [-0.3, -0.25) is 4.90 Å². The normalized spacial score (nSPS) is 20.2. The molecule has 0 spiro atoms. The van der Waals surface area contributed by atoms with Crippen LogP contribution < -0.4 is 11.5 Å². The van der Waals surface area contributed by atoms with E-state index in [0.717, 1.165) is 31.7 Å². The molecule has 0 radical (unpaired) electrons. The van der Waals surface area contributed by atoms with Gasteiger partial charge in [0.05, 0.1) is 0 Å². The molecule has 1 aliphatic rings. The molecule has 0 aromatic heterocycles. The maximum absolute atomic E-state index is 5.94. The van der Waals surface area contributed by atoms with Crippen LogP contribution in [0.4, 0.5) is 5.69 Å². The number of likely N-dealkylation sites (tertiary alicyclic amines) is 1. The van der Waals surface area contributed by atoms with E-state index >= 15 is 0 Å². The summed E-state index contributed by atoms with van der Waals surface area (Å²) in [6.07, 6.45) is 2.37. The lowest BCUT2D eigenvalue weighted by atomic mass is 10.1. The monoisotopic (exact) mass is 277 g/mol. The van der Waals surface area contributed by atoms with E-state index in [-0.39, 0.29) is 24.8 Å². The van der Waals surface area contributed by atoms with Gasteiger partial charge in [0, 0.05) is 24.8 Å². The summed E-state index contributed by atoms with van der Waals surface area (Å²) in [6.45, 7) is 3.13. The standard InChI is InChI=1S/C12H19N3.2ClH/c13-11-4-1-3-10(7-11)8-15-6-2-5-12(14)9-15;;/h1,3-4,7,12H,2,5-6,8-9,13-14H2;2*1H/t12-;;/m1../s1. The van der Waals surface area contributed by atoms with Crippen molar-refractivity contribution in [3.05, 3.63) is 29.8 Å². The summed E-state index contributed by atoms with van der Waals surface area (Å²) in [4.78, 5) is 2.41. The predicted octanol–water partition coefficient (Wildman–Crippen LogP) is 2.04. The second-order valence-electron chi connectivity index (χ2n) is 4.38. The smallest absolute Gasteiger partial charge is 0.0317 e. The molecule has 0 saturated carbocycles. The average molecular weight is 278 g/mol. The topological polar surface area (TPSA) is 55.3 Å². The van der Waals surface area contributed by atoms with E-state index in [4.69, 9.17) is 11.5 Å². The summed E-state index contributed by atoms with van der Waals surface area (Å²) in [7, 11) is 0. The van der Waals surface area contributed by atoms with Crippen molar-refractivity contribution in [1.82, 2.24) is 4.90 Å². The van der Waals surface area contributed by atoms with E-state index in [1.165, 1.54) is 12.0 Å². The number of anilines is 1. The summed E-state index contributed by atoms with van der Waals surface area (Å²) < 4.78 is 0. The molecule has 4 N–H and O–H groups in total. The SMILES string of the molecule is Cl.Cl.Nc1cccc(CN2CCC[C@@H](N)C2)c1. The number of nitrogens with two attached hydrogens (primary N) is 2. The van der Waals surface area contributed by atoms with Crippen LogP contribution in [-0.4, -0.2) is 24.0 Å². The number of halogens is 2. The van der Waals surface area contributed by atoms with E-state index in [1.54, 1.807) is 0 Å². The Morgan fingerprint density at radius 3 is 2.71 bits per heavy atom. The molecular weight excluding hydrogens is 257 g/mol. The van der Waals surface area contributed by atoms with Crippen molar-refractivity contribution in [1.29, 1.82) is 0 Å². The van der Waals surface area contributed by atoms with Gasteiger partial charge in [0.2, 0.25) is 0 Å². The van der Waals surface area contributed by atoms with Crippen molar-refractivity contribution >= 4 is 30.5 Å². The van der Waals surface area contributed by atoms with Crippen molar-refractivity contribution < 1.29 is 0 Å². The van der Waals surface area contributed by atoms with Crippen LogP contribution in [0.5, 0.6) is 0 Å². The maximum atomic E-state index is 5.94. The third-order valence-corrected chi connectivity index (χ3v) is 2.90. The van der Waals surface area contributed by atoms with Crippen molar-refractivity contribution in [2.24, 2.45) is 5.73 Å². The summed E-state index contributed by atoms with van der Waals surface area (Å²) in [5.74, 6) is 0. The van der Waals surface area contributed by atoms with Gasteiger partial charge in [0.15, 0.2) is 0 Å². The highest BCUT2D eigenvalue weighted by Gasteiger charge is 2.16. The van der Waals surface area contributed by atoms with E-state index in [2.05, 4.69) is 11.0 Å². The first-order valence-corrected chi connectivity index (χ1v) is 5.56. The number of nitrogen functional groups attached to an aromatic ring is 1. The van der Waals surface area contributed by atoms with Crippen molar-refractivity contribution in [2.45, 2.75) is 25.4 Å². The highest BCUT2D eigenvalue weighted by atomic mass is 35.5. The summed E-state index contributed by atoms with van der Waals surface area (Å²) in [5, 5.41) is 0. The van der Waals surface area contributed by atoms with Gasteiger partial charge in [0.25, 0.3) is 0 Å². The third kappa shape index (κ3) is 5.13. The second-order valence-corrected chi connectivity index (χ2v) is 4.38. The van der Waals surface area contributed by atoms with Crippen LogP contribution in [0.1, 0.15) is 18.4 Å². The molecule has 3 nitrogen and oxygen atoms in total. The molecule has 17 heavy (non-hydrogen) atoms. The van der Waals surface area contributed by atoms with Gasteiger partial charge in [0.1, 0.15) is 0 Å². The van der Waals surface area contributed by atoms with E-state index in [0.29, 0.717) is 6.04 Å². The van der Waals surface area contributed by atoms with Gasteiger partial charge in [-0.25, -0.2) is 0 Å². The molecular formula is C12H21Cl2N3. The Balaban J connectivity index is 0.00000128. The van der Waals surface area contributed by atoms with Crippen LogP contribution in [0, 0.1) is 0 Å². The van der Waals surface area contributed by atoms with Gasteiger partial charge >= 0.3 is 0 Å². The highest BCUT2D eigenvalue weighted by molar-refractivity contribution is 5.85. The number of hydrogen-bond donors (Lipinski definition) is 2. The van der Waals surface area contributed by atoms with Crippen molar-refractivity contribution in [3.8, 4) is 0 Å². The Hall–Kier alpha value is -0.480. The second kappa shape index (κ2) is 7.77. The van der Waals surface area contributed by atoms with Crippen LogP contribution in [-0.2, 0) is 6.54 Å². The van der Waals surface area contributed by atoms with Crippen LogP contribution in [0.2, 0.25) is 0 Å². The van der Waals surface area contributed by atoms with Gasteiger partial charge in [-0.05, 0) is 37.1 Å². The fraction of sp³-hybridized carbons (Fsp3) is 0.500. The van der Waals surface area contributed by atoms with Gasteiger partial charge < -0.3 is 11.5 Å². The van der Waals surface area contributed by atoms with Gasteiger partial charge in [-0.15, -0.1) is 24.8 Å². The van der Waals surface area contributed by atoms with Crippen molar-refractivity contribution in [3.63, 3.8) is 0 Å². The number of benzene rings is 1. The van der Waals surface area contributed by atoms with Crippen LogP contribution in [0.15, 0.2) is 24.3 Å². The minimum Gasteiger partial charge on any atom is -0.399 e. The zero-order valence-electron chi connectivity index (χ0n) is 9.84. The molecule has 0 aliphatic carbocycles. The molecule has 5 heteroatoms. The molecule has 1 aliphatic heterocycles. The molecule has 0 amide bonds. The summed E-state index contributed by atoms with van der Waals surface area (Å²) in [5.41, 5.74) is 13.8. The summed E-state index contributed by atoms with van der Waals surface area (Å²) >= 11 is 0. The first kappa shape index (κ1) is 16.5. The Bertz CT molecular complexity index is 333. The lowest BCUT2D eigenvalue weighted by Crippen LogP contribution is -2.42. The van der Waals surface area contributed by atoms with Crippen LogP contribution >= 0.6 is 24.8 Å². The fourth-order valence-corrected chi connectivity index (χ4v) is 2.18. The molecule has 0 bridgehead atoms. The lowest BCUT2D eigenvalue weighted by molar-refractivity contribution is 0.201. The van der Waals surface area contributed by atoms with Gasteiger partial charge in [-0.1, -0.05) is 12.1 Å². The Morgan fingerprint density at radius 1 is 1.29 bits per heavy atom. The number of rotatable bonds is 2. The predicted molar refractivity (Wildman–Crippen MR) is 77.8 cm³/mol. The molecule has 1 aromatic carbocycles. The molecule has 1 aromatic rings. The van der Waals surface area contributed by atoms with E-state index in [1.807, 2.05) is 18.2 Å². The minimum atomic E-state index is 0. The van der Waals surface area contributed by atoms with E-state index < -0.39 is 0 Å². The highest BCUT2D eigenvalue weighted by Crippen LogP contribution is 2.14. The average Bonchev–Trinajstić information content (AvgIpc) is 2.17. The van der Waals surface area contributed by atoms with Crippen LogP contribution in [0.3, 0.4) is 0 Å². The Morgan fingerprint density at radius 2 is 2.06 bits per heavy atom. The van der Waals surface area contributed by atoms with Gasteiger partial charge in [-0.2, -0.15) is 0 Å². The molecule has 1 heterocycles. The quantitative estimate of drug-likeness (QED) is 0.814. The first-order chi connectivity index (χ1) is 7.24. The zero-order valence-corrected chi connectivity index (χ0v) is 11.5. The maximum Gasteiger partial charge on any atom is 0.0317 e. The number of piperidine rings is 1. The molecule has 0 unspecified atom stereocenters. The minimum absolute atomic E-state index is 0. The molecule has 1 atom stereocenters. The zero-order chi connectivity index (χ0) is 10.7.